The Balaban J connectivity index is 1.75. The molecule has 0 N–H and O–H groups in total. The standard InChI is InChI=1S/C15H30N4O2/c1-5-16-6-10-18(11-7-16)19-12-8-17(9-13-19)14(20)21-15(2,3)4/h5-13H2,1-4H3. The lowest BCUT2D eigenvalue weighted by molar-refractivity contribution is -0.0818. The van der Waals surface area contributed by atoms with Gasteiger partial charge in [0, 0.05) is 52.4 Å². The largest absolute Gasteiger partial charge is 0.444 e. The fraction of sp³-hybridized carbons (Fsp3) is 0.933. The second-order valence-corrected chi connectivity index (χ2v) is 6.81. The molecule has 2 saturated heterocycles. The van der Waals surface area contributed by atoms with Crippen molar-refractivity contribution in [1.29, 1.82) is 0 Å². The molecule has 0 saturated carbocycles. The van der Waals surface area contributed by atoms with Gasteiger partial charge in [-0.2, -0.15) is 0 Å². The molecule has 0 atom stereocenters. The van der Waals surface area contributed by atoms with Crippen molar-refractivity contribution in [2.45, 2.75) is 33.3 Å². The topological polar surface area (TPSA) is 39.3 Å². The summed E-state index contributed by atoms with van der Waals surface area (Å²) in [6.45, 7) is 16.9. The van der Waals surface area contributed by atoms with Crippen LogP contribution in [0.3, 0.4) is 0 Å². The van der Waals surface area contributed by atoms with E-state index in [9.17, 15) is 4.79 Å². The molecule has 2 heterocycles. The number of amides is 1. The summed E-state index contributed by atoms with van der Waals surface area (Å²) in [6, 6.07) is 0. The highest BCUT2D eigenvalue weighted by molar-refractivity contribution is 5.68. The minimum atomic E-state index is -0.412. The SMILES string of the molecule is CCN1CCN(N2CCN(C(=O)OC(C)(C)C)CC2)CC1. The van der Waals surface area contributed by atoms with Crippen LogP contribution in [0.1, 0.15) is 27.7 Å². The number of ether oxygens (including phenoxy) is 1. The third-order valence-electron chi connectivity index (χ3n) is 4.10. The quantitative estimate of drug-likeness (QED) is 0.763. The Morgan fingerprint density at radius 3 is 1.81 bits per heavy atom. The molecule has 2 rings (SSSR count). The summed E-state index contributed by atoms with van der Waals surface area (Å²) in [5.41, 5.74) is -0.412. The first-order valence-corrected chi connectivity index (χ1v) is 8.09. The molecule has 2 aliphatic rings. The summed E-state index contributed by atoms with van der Waals surface area (Å²) in [7, 11) is 0. The van der Waals surface area contributed by atoms with Crippen LogP contribution < -0.4 is 0 Å². The molecule has 0 aromatic rings. The maximum absolute atomic E-state index is 12.0. The highest BCUT2D eigenvalue weighted by Crippen LogP contribution is 2.13. The predicted molar refractivity (Wildman–Crippen MR) is 83.1 cm³/mol. The van der Waals surface area contributed by atoms with E-state index in [4.69, 9.17) is 4.74 Å². The summed E-state index contributed by atoms with van der Waals surface area (Å²) in [6.07, 6.45) is -0.182. The molecule has 0 aliphatic carbocycles. The van der Waals surface area contributed by atoms with E-state index in [2.05, 4.69) is 21.8 Å². The highest BCUT2D eigenvalue weighted by Gasteiger charge is 2.29. The van der Waals surface area contributed by atoms with E-state index in [0.717, 1.165) is 58.9 Å². The molecule has 0 unspecified atom stereocenters. The molecule has 1 amide bonds. The van der Waals surface area contributed by atoms with Gasteiger partial charge in [0.2, 0.25) is 0 Å². The zero-order valence-corrected chi connectivity index (χ0v) is 14.0. The highest BCUT2D eigenvalue weighted by atomic mass is 16.6. The van der Waals surface area contributed by atoms with Crippen molar-refractivity contribution in [2.75, 3.05) is 58.9 Å². The normalized spacial score (nSPS) is 23.3. The first-order valence-electron chi connectivity index (χ1n) is 8.09. The van der Waals surface area contributed by atoms with Gasteiger partial charge in [0.15, 0.2) is 0 Å². The number of rotatable bonds is 2. The first kappa shape index (κ1) is 16.5. The number of hydrogen-bond donors (Lipinski definition) is 0. The van der Waals surface area contributed by atoms with Crippen LogP contribution in [0.4, 0.5) is 4.79 Å². The predicted octanol–water partition coefficient (Wildman–Crippen LogP) is 1.09. The average Bonchev–Trinajstić information content (AvgIpc) is 2.46. The minimum Gasteiger partial charge on any atom is -0.444 e. The van der Waals surface area contributed by atoms with Crippen LogP contribution >= 0.6 is 0 Å². The van der Waals surface area contributed by atoms with E-state index >= 15 is 0 Å². The summed E-state index contributed by atoms with van der Waals surface area (Å²) < 4.78 is 5.43. The van der Waals surface area contributed by atoms with Crippen molar-refractivity contribution in [3.05, 3.63) is 0 Å². The van der Waals surface area contributed by atoms with Gasteiger partial charge in [0.25, 0.3) is 0 Å². The number of piperazine rings is 2. The summed E-state index contributed by atoms with van der Waals surface area (Å²) in [5.74, 6) is 0. The Morgan fingerprint density at radius 2 is 1.38 bits per heavy atom. The van der Waals surface area contributed by atoms with Gasteiger partial charge in [-0.25, -0.2) is 14.8 Å². The van der Waals surface area contributed by atoms with Crippen molar-refractivity contribution >= 4 is 6.09 Å². The van der Waals surface area contributed by atoms with Gasteiger partial charge in [-0.3, -0.25) is 0 Å². The van der Waals surface area contributed by atoms with Crippen molar-refractivity contribution in [3.63, 3.8) is 0 Å². The van der Waals surface area contributed by atoms with Crippen LogP contribution in [-0.4, -0.2) is 90.4 Å². The lowest BCUT2D eigenvalue weighted by Crippen LogP contribution is -2.59. The van der Waals surface area contributed by atoms with Crippen molar-refractivity contribution < 1.29 is 9.53 Å². The second-order valence-electron chi connectivity index (χ2n) is 6.81. The molecule has 0 aromatic heterocycles. The Hall–Kier alpha value is -0.850. The van der Waals surface area contributed by atoms with Gasteiger partial charge >= 0.3 is 6.09 Å². The molecule has 6 heteroatoms. The molecule has 0 bridgehead atoms. The van der Waals surface area contributed by atoms with Crippen LogP contribution in [0.2, 0.25) is 0 Å². The monoisotopic (exact) mass is 298 g/mol. The van der Waals surface area contributed by atoms with Crippen LogP contribution in [0, 0.1) is 0 Å². The Bertz CT molecular complexity index is 340. The minimum absolute atomic E-state index is 0.182. The van der Waals surface area contributed by atoms with Gasteiger partial charge in [0.05, 0.1) is 0 Å². The molecule has 0 aromatic carbocycles. The third-order valence-corrected chi connectivity index (χ3v) is 4.10. The Morgan fingerprint density at radius 1 is 0.905 bits per heavy atom. The van der Waals surface area contributed by atoms with Crippen molar-refractivity contribution in [3.8, 4) is 0 Å². The number of hydrazine groups is 1. The van der Waals surface area contributed by atoms with Crippen molar-refractivity contribution in [1.82, 2.24) is 19.8 Å². The van der Waals surface area contributed by atoms with E-state index in [1.807, 2.05) is 25.7 Å². The number of carbonyl (C=O) groups is 1. The molecule has 6 nitrogen and oxygen atoms in total. The molecule has 0 radical (unpaired) electrons. The van der Waals surface area contributed by atoms with E-state index < -0.39 is 5.60 Å². The lowest BCUT2D eigenvalue weighted by Gasteiger charge is -2.44. The maximum Gasteiger partial charge on any atom is 0.410 e. The second kappa shape index (κ2) is 6.94. The third kappa shape index (κ3) is 4.83. The molecule has 21 heavy (non-hydrogen) atoms. The van der Waals surface area contributed by atoms with Gasteiger partial charge in [-0.15, -0.1) is 0 Å². The van der Waals surface area contributed by atoms with Crippen molar-refractivity contribution in [2.24, 2.45) is 0 Å². The fourth-order valence-electron chi connectivity index (χ4n) is 2.82. The summed E-state index contributed by atoms with van der Waals surface area (Å²) >= 11 is 0. The first-order chi connectivity index (χ1) is 9.89. The smallest absolute Gasteiger partial charge is 0.410 e. The molecular weight excluding hydrogens is 268 g/mol. The number of carbonyl (C=O) groups excluding carboxylic acids is 1. The molecule has 2 aliphatic heterocycles. The van der Waals surface area contributed by atoms with Crippen LogP contribution in [-0.2, 0) is 4.74 Å². The van der Waals surface area contributed by atoms with E-state index in [1.165, 1.54) is 0 Å². The lowest BCUT2D eigenvalue weighted by atomic mass is 10.2. The maximum atomic E-state index is 12.0. The fourth-order valence-corrected chi connectivity index (χ4v) is 2.82. The Labute approximate surface area is 128 Å². The van der Waals surface area contributed by atoms with Crippen LogP contribution in [0.25, 0.3) is 0 Å². The molecule has 122 valence electrons. The summed E-state index contributed by atoms with van der Waals surface area (Å²) in [4.78, 5) is 16.3. The van der Waals surface area contributed by atoms with Gasteiger partial charge in [-0.05, 0) is 27.3 Å². The zero-order chi connectivity index (χ0) is 15.5. The zero-order valence-electron chi connectivity index (χ0n) is 14.0. The van der Waals surface area contributed by atoms with Gasteiger partial charge in [-0.1, -0.05) is 6.92 Å². The Kier molecular flexibility index (Phi) is 5.46. The average molecular weight is 298 g/mol. The van der Waals surface area contributed by atoms with E-state index in [0.29, 0.717) is 0 Å². The van der Waals surface area contributed by atoms with Gasteiger partial charge in [0.1, 0.15) is 5.60 Å². The van der Waals surface area contributed by atoms with E-state index in [-0.39, 0.29) is 6.09 Å². The van der Waals surface area contributed by atoms with Gasteiger partial charge < -0.3 is 14.5 Å². The number of hydrogen-bond acceptors (Lipinski definition) is 5. The molecule has 2 fully saturated rings. The van der Waals surface area contributed by atoms with E-state index in [1.54, 1.807) is 0 Å². The molecule has 0 spiro atoms. The molecular formula is C15H30N4O2. The summed E-state index contributed by atoms with van der Waals surface area (Å²) in [5, 5.41) is 4.84. The number of nitrogens with zero attached hydrogens (tertiary/aromatic N) is 4. The van der Waals surface area contributed by atoms with Crippen LogP contribution in [0.15, 0.2) is 0 Å². The van der Waals surface area contributed by atoms with Crippen LogP contribution in [0.5, 0.6) is 0 Å². The number of likely N-dealkylation sites (N-methyl/N-ethyl adjacent to an activating group) is 1.